The van der Waals surface area contributed by atoms with Crippen LogP contribution in [0.15, 0.2) is 12.1 Å². The molecule has 1 aromatic rings. The van der Waals surface area contributed by atoms with E-state index in [9.17, 15) is 0 Å². The van der Waals surface area contributed by atoms with Gasteiger partial charge in [0.1, 0.15) is 0 Å². The number of hydrogen-bond acceptors (Lipinski definition) is 1. The van der Waals surface area contributed by atoms with Crippen molar-refractivity contribution in [3.63, 3.8) is 0 Å². The first-order valence-electron chi connectivity index (χ1n) is 4.25. The second-order valence-corrected chi connectivity index (χ2v) is 3.35. The first kappa shape index (κ1) is 16.7. The van der Waals surface area contributed by atoms with Crippen LogP contribution < -0.4 is 21.7 Å². The fourth-order valence-corrected chi connectivity index (χ4v) is 1.19. The van der Waals surface area contributed by atoms with E-state index < -0.39 is 0 Å². The maximum Gasteiger partial charge on any atom is 2.00 e. The number of ether oxygens (including phenoxy) is 1. The molecule has 74 valence electrons. The molecule has 0 aromatic heterocycles. The van der Waals surface area contributed by atoms with Crippen molar-refractivity contribution < 1.29 is 21.7 Å². The van der Waals surface area contributed by atoms with Gasteiger partial charge in [-0.15, -0.1) is 12.1 Å². The monoisotopic (exact) mass is 266 g/mol. The van der Waals surface area contributed by atoms with Crippen LogP contribution >= 0.6 is 0 Å². The Morgan fingerprint density at radius 2 is 1.57 bits per heavy atom. The van der Waals surface area contributed by atoms with Gasteiger partial charge < -0.3 is 21.7 Å². The van der Waals surface area contributed by atoms with Crippen molar-refractivity contribution in [2.24, 2.45) is 0 Å². The predicted octanol–water partition coefficient (Wildman–Crippen LogP) is -0.486. The first-order valence-corrected chi connectivity index (χ1v) is 4.25. The van der Waals surface area contributed by atoms with Crippen LogP contribution in [-0.4, -0.2) is 29.2 Å². The molecule has 0 bridgehead atoms. The molecule has 0 fully saturated rings. The molecule has 1 rings (SSSR count). The predicted molar refractivity (Wildman–Crippen MR) is 56.3 cm³/mol. The van der Waals surface area contributed by atoms with E-state index in [4.69, 9.17) is 4.74 Å². The summed E-state index contributed by atoms with van der Waals surface area (Å²) in [5.74, 6) is 0.943. The summed E-state index contributed by atoms with van der Waals surface area (Å²) in [7, 11) is 0. The quantitative estimate of drug-likeness (QED) is 0.519. The van der Waals surface area contributed by atoms with Gasteiger partial charge in [0.15, 0.2) is 0 Å². The van der Waals surface area contributed by atoms with Gasteiger partial charge in [0.25, 0.3) is 0 Å². The van der Waals surface area contributed by atoms with E-state index in [1.807, 2.05) is 39.8 Å². The smallest absolute Gasteiger partial charge is 1.00 e. The molecule has 0 heterocycles. The largest absolute Gasteiger partial charge is 2.00 e. The molecule has 3 heteroatoms. The van der Waals surface area contributed by atoms with Gasteiger partial charge in [0.2, 0.25) is 0 Å². The zero-order valence-corrected chi connectivity index (χ0v) is 12.2. The fraction of sp³-hybridized carbons (Fsp3) is 0.455. The molecule has 0 unspecified atom stereocenters. The van der Waals surface area contributed by atoms with Gasteiger partial charge in [-0.05, 0) is 13.8 Å². The molecule has 0 aliphatic carbocycles. The van der Waals surface area contributed by atoms with Crippen LogP contribution in [0.4, 0.5) is 0 Å². The molecular formula is C11H15BrMgO. The Morgan fingerprint density at radius 1 is 1.14 bits per heavy atom. The van der Waals surface area contributed by atoms with Crippen molar-refractivity contribution >= 4 is 23.1 Å². The van der Waals surface area contributed by atoms with E-state index in [0.29, 0.717) is 0 Å². The maximum absolute atomic E-state index is 5.56. The Balaban J connectivity index is 0. The third kappa shape index (κ3) is 5.88. The van der Waals surface area contributed by atoms with Crippen LogP contribution in [0.25, 0.3) is 0 Å². The van der Waals surface area contributed by atoms with E-state index in [0.717, 1.165) is 16.9 Å². The fourth-order valence-electron chi connectivity index (χ4n) is 1.19. The summed E-state index contributed by atoms with van der Waals surface area (Å²) in [6.07, 6.45) is 0.242. The summed E-state index contributed by atoms with van der Waals surface area (Å²) in [5.41, 5.74) is 2.26. The summed E-state index contributed by atoms with van der Waals surface area (Å²) in [5, 5.41) is 0. The van der Waals surface area contributed by atoms with Gasteiger partial charge in [0.05, 0.1) is 6.10 Å². The minimum atomic E-state index is 0. The molecule has 0 atom stereocenters. The van der Waals surface area contributed by atoms with E-state index in [2.05, 4.69) is 6.07 Å². The summed E-state index contributed by atoms with van der Waals surface area (Å²) >= 11 is 0. The van der Waals surface area contributed by atoms with Gasteiger partial charge >= 0.3 is 23.1 Å². The van der Waals surface area contributed by atoms with E-state index in [1.54, 1.807) is 0 Å². The average Bonchev–Trinajstić information content (AvgIpc) is 1.81. The zero-order valence-electron chi connectivity index (χ0n) is 9.23. The van der Waals surface area contributed by atoms with Crippen molar-refractivity contribution in [1.82, 2.24) is 0 Å². The molecule has 0 radical (unpaired) electrons. The summed E-state index contributed by atoms with van der Waals surface area (Å²) in [6, 6.07) is 7.22. The van der Waals surface area contributed by atoms with Crippen LogP contribution in [0, 0.1) is 19.9 Å². The second-order valence-electron chi connectivity index (χ2n) is 3.35. The normalized spacial score (nSPS) is 8.93. The van der Waals surface area contributed by atoms with Crippen molar-refractivity contribution in [3.8, 4) is 5.75 Å². The number of benzene rings is 1. The molecule has 0 saturated carbocycles. The number of aryl methyl sites for hydroxylation is 2. The minimum absolute atomic E-state index is 0. The van der Waals surface area contributed by atoms with Crippen LogP contribution in [0.3, 0.4) is 0 Å². The van der Waals surface area contributed by atoms with Gasteiger partial charge in [-0.1, -0.05) is 13.8 Å². The molecule has 0 spiro atoms. The number of halogens is 1. The zero-order chi connectivity index (χ0) is 9.14. The topological polar surface area (TPSA) is 9.23 Å². The summed E-state index contributed by atoms with van der Waals surface area (Å²) < 4.78 is 5.56. The third-order valence-electron chi connectivity index (χ3n) is 1.48. The van der Waals surface area contributed by atoms with E-state index in [-0.39, 0.29) is 46.1 Å². The second kappa shape index (κ2) is 7.54. The Hall–Kier alpha value is 0.266. The SMILES string of the molecule is Cc1[c-]c(C)cc(OC(C)C)c1.[Br-].[Mg+2]. The average molecular weight is 267 g/mol. The van der Waals surface area contributed by atoms with Gasteiger partial charge in [-0.2, -0.15) is 17.2 Å². The van der Waals surface area contributed by atoms with Crippen LogP contribution in [0.1, 0.15) is 25.0 Å². The molecule has 0 saturated heterocycles. The van der Waals surface area contributed by atoms with Crippen LogP contribution in [0.2, 0.25) is 0 Å². The summed E-state index contributed by atoms with van der Waals surface area (Å²) in [6.45, 7) is 8.11. The van der Waals surface area contributed by atoms with E-state index in [1.165, 1.54) is 0 Å². The summed E-state index contributed by atoms with van der Waals surface area (Å²) in [4.78, 5) is 0. The van der Waals surface area contributed by atoms with Crippen LogP contribution in [-0.2, 0) is 0 Å². The van der Waals surface area contributed by atoms with Gasteiger partial charge in [0, 0.05) is 5.75 Å². The Bertz CT molecular complexity index is 254. The molecule has 1 nitrogen and oxygen atoms in total. The van der Waals surface area contributed by atoms with E-state index >= 15 is 0 Å². The molecule has 0 N–H and O–H groups in total. The minimum Gasteiger partial charge on any atom is -1.00 e. The molecular weight excluding hydrogens is 252 g/mol. The third-order valence-corrected chi connectivity index (χ3v) is 1.48. The maximum atomic E-state index is 5.56. The number of rotatable bonds is 2. The standard InChI is InChI=1S/C11H15O.BrH.Mg/c1-8(2)12-11-6-9(3)5-10(4)7-11;;/h6-8H,1-4H3;1H;/q-1;;+2/p-1. The molecule has 0 amide bonds. The Labute approximate surface area is 113 Å². The van der Waals surface area contributed by atoms with Crippen molar-refractivity contribution in [2.45, 2.75) is 33.8 Å². The van der Waals surface area contributed by atoms with Gasteiger partial charge in [-0.3, -0.25) is 0 Å². The number of hydrogen-bond donors (Lipinski definition) is 0. The molecule has 14 heavy (non-hydrogen) atoms. The Kier molecular flexibility index (Phi) is 8.99. The molecule has 0 aliphatic rings. The van der Waals surface area contributed by atoms with Crippen molar-refractivity contribution in [2.75, 3.05) is 0 Å². The van der Waals surface area contributed by atoms with Crippen LogP contribution in [0.5, 0.6) is 5.75 Å². The first-order chi connectivity index (χ1) is 5.58. The molecule has 1 aromatic carbocycles. The van der Waals surface area contributed by atoms with Crippen molar-refractivity contribution in [1.29, 1.82) is 0 Å². The van der Waals surface area contributed by atoms with Gasteiger partial charge in [-0.25, -0.2) is 0 Å². The molecule has 0 aliphatic heterocycles. The Morgan fingerprint density at radius 3 is 1.93 bits per heavy atom. The van der Waals surface area contributed by atoms with Crippen molar-refractivity contribution in [3.05, 3.63) is 29.3 Å².